The van der Waals surface area contributed by atoms with Crippen molar-refractivity contribution in [3.63, 3.8) is 0 Å². The molecule has 0 fully saturated rings. The van der Waals surface area contributed by atoms with E-state index < -0.39 is 0 Å². The van der Waals surface area contributed by atoms with Crippen molar-refractivity contribution >= 4 is 12.2 Å². The van der Waals surface area contributed by atoms with E-state index in [1.54, 1.807) is 0 Å². The number of hydrogen-bond acceptors (Lipinski definition) is 6. The Balaban J connectivity index is 2.98. The van der Waals surface area contributed by atoms with Crippen LogP contribution in [0, 0.1) is 0 Å². The number of carbonyl (C=O) groups excluding carboxylic acids is 2. The van der Waals surface area contributed by atoms with E-state index in [0.717, 1.165) is 19.3 Å². The summed E-state index contributed by atoms with van der Waals surface area (Å²) in [6.07, 6.45) is 5.35. The Morgan fingerprint density at radius 3 is 2.12 bits per heavy atom. The molecule has 0 aromatic heterocycles. The van der Waals surface area contributed by atoms with Gasteiger partial charge in [-0.1, -0.05) is 0 Å². The van der Waals surface area contributed by atoms with Crippen LogP contribution in [-0.4, -0.2) is 45.3 Å². The number of nitrogens with zero attached hydrogens (tertiary/aromatic N) is 2. The maximum Gasteiger partial charge on any atom is 0.237 e. The van der Waals surface area contributed by atoms with E-state index in [0.29, 0.717) is 26.4 Å². The van der Waals surface area contributed by atoms with Gasteiger partial charge in [0.2, 0.25) is 12.2 Å². The minimum absolute atomic E-state index is 0.0774. The standard InChI is InChI=1S/C10H16N2O4/c13-8-11-4-3-7-15-5-1-2-6-16-10-12-9-14/h1-7,10H2. The first kappa shape index (κ1) is 14.7. The van der Waals surface area contributed by atoms with Gasteiger partial charge in [0, 0.05) is 19.8 Å². The van der Waals surface area contributed by atoms with Gasteiger partial charge in [-0.2, -0.15) is 4.99 Å². The Bertz CT molecular complexity index is 219. The summed E-state index contributed by atoms with van der Waals surface area (Å²) in [5.41, 5.74) is 0. The molecule has 0 saturated carbocycles. The van der Waals surface area contributed by atoms with E-state index in [1.165, 1.54) is 12.2 Å². The van der Waals surface area contributed by atoms with Gasteiger partial charge in [0.1, 0.15) is 6.73 Å². The number of hydrogen-bond donors (Lipinski definition) is 0. The van der Waals surface area contributed by atoms with Crippen LogP contribution in [0.25, 0.3) is 0 Å². The molecule has 0 N–H and O–H groups in total. The van der Waals surface area contributed by atoms with E-state index in [9.17, 15) is 9.59 Å². The molecule has 90 valence electrons. The molecular formula is C10H16N2O4. The second kappa shape index (κ2) is 13.7. The van der Waals surface area contributed by atoms with Gasteiger partial charge in [0.05, 0.1) is 6.54 Å². The van der Waals surface area contributed by atoms with Crippen molar-refractivity contribution in [2.24, 2.45) is 9.98 Å². The molecule has 6 nitrogen and oxygen atoms in total. The first-order chi connectivity index (χ1) is 7.91. The highest BCUT2D eigenvalue weighted by Gasteiger charge is 1.91. The topological polar surface area (TPSA) is 77.3 Å². The molecule has 0 heterocycles. The van der Waals surface area contributed by atoms with Crippen LogP contribution in [-0.2, 0) is 19.1 Å². The summed E-state index contributed by atoms with van der Waals surface area (Å²) < 4.78 is 10.3. The second-order valence-electron chi connectivity index (χ2n) is 2.93. The molecule has 0 rings (SSSR count). The molecule has 0 aliphatic carbocycles. The van der Waals surface area contributed by atoms with Gasteiger partial charge in [0.25, 0.3) is 0 Å². The van der Waals surface area contributed by atoms with Crippen LogP contribution in [0.3, 0.4) is 0 Å². The number of ether oxygens (including phenoxy) is 2. The molecule has 0 aliphatic heterocycles. The number of isocyanates is 2. The van der Waals surface area contributed by atoms with E-state index in [2.05, 4.69) is 9.98 Å². The van der Waals surface area contributed by atoms with Crippen molar-refractivity contribution in [2.45, 2.75) is 19.3 Å². The second-order valence-corrected chi connectivity index (χ2v) is 2.93. The zero-order chi connectivity index (χ0) is 11.9. The summed E-state index contributed by atoms with van der Waals surface area (Å²) in [5.74, 6) is 0. The molecule has 0 atom stereocenters. The monoisotopic (exact) mass is 228 g/mol. The number of aliphatic imine (C=N–C) groups is 2. The van der Waals surface area contributed by atoms with Crippen LogP contribution in [0.15, 0.2) is 9.98 Å². The Morgan fingerprint density at radius 2 is 1.44 bits per heavy atom. The Morgan fingerprint density at radius 1 is 0.812 bits per heavy atom. The van der Waals surface area contributed by atoms with Crippen molar-refractivity contribution in [3.05, 3.63) is 0 Å². The smallest absolute Gasteiger partial charge is 0.237 e. The fourth-order valence-electron chi connectivity index (χ4n) is 0.938. The maximum atomic E-state index is 9.71. The summed E-state index contributed by atoms with van der Waals surface area (Å²) in [6, 6.07) is 0. The fraction of sp³-hybridized carbons (Fsp3) is 0.800. The fourth-order valence-corrected chi connectivity index (χ4v) is 0.938. The summed E-state index contributed by atoms with van der Waals surface area (Å²) in [7, 11) is 0. The molecular weight excluding hydrogens is 212 g/mol. The van der Waals surface area contributed by atoms with Gasteiger partial charge in [-0.05, 0) is 19.3 Å². The highest BCUT2D eigenvalue weighted by molar-refractivity contribution is 5.32. The van der Waals surface area contributed by atoms with Crippen LogP contribution in [0.1, 0.15) is 19.3 Å². The van der Waals surface area contributed by atoms with Gasteiger partial charge in [-0.15, -0.1) is 0 Å². The third-order valence-electron chi connectivity index (χ3n) is 1.67. The minimum atomic E-state index is 0.0774. The van der Waals surface area contributed by atoms with E-state index >= 15 is 0 Å². The molecule has 0 bridgehead atoms. The third kappa shape index (κ3) is 12.7. The van der Waals surface area contributed by atoms with E-state index in [1.807, 2.05) is 0 Å². The number of unbranched alkanes of at least 4 members (excludes halogenated alkanes) is 1. The molecule has 0 radical (unpaired) electrons. The van der Waals surface area contributed by atoms with Crippen molar-refractivity contribution in [2.75, 3.05) is 33.1 Å². The summed E-state index contributed by atoms with van der Waals surface area (Å²) in [4.78, 5) is 26.0. The molecule has 0 aliphatic rings. The number of rotatable bonds is 11. The summed E-state index contributed by atoms with van der Waals surface area (Å²) in [6.45, 7) is 2.36. The molecule has 0 saturated heterocycles. The van der Waals surface area contributed by atoms with Gasteiger partial charge in [-0.3, -0.25) is 0 Å². The lowest BCUT2D eigenvalue weighted by molar-refractivity contribution is 0.105. The van der Waals surface area contributed by atoms with Crippen LogP contribution in [0.2, 0.25) is 0 Å². The van der Waals surface area contributed by atoms with Crippen LogP contribution in [0.4, 0.5) is 0 Å². The van der Waals surface area contributed by atoms with Gasteiger partial charge in [-0.25, -0.2) is 14.6 Å². The van der Waals surface area contributed by atoms with Crippen LogP contribution in [0.5, 0.6) is 0 Å². The molecule has 16 heavy (non-hydrogen) atoms. The van der Waals surface area contributed by atoms with E-state index in [-0.39, 0.29) is 6.73 Å². The third-order valence-corrected chi connectivity index (χ3v) is 1.67. The minimum Gasteiger partial charge on any atom is -0.381 e. The lowest BCUT2D eigenvalue weighted by atomic mass is 10.3. The predicted molar refractivity (Wildman–Crippen MR) is 56.6 cm³/mol. The zero-order valence-corrected chi connectivity index (χ0v) is 9.18. The average molecular weight is 228 g/mol. The first-order valence-electron chi connectivity index (χ1n) is 5.14. The highest BCUT2D eigenvalue weighted by atomic mass is 16.5. The van der Waals surface area contributed by atoms with Crippen molar-refractivity contribution in [1.82, 2.24) is 0 Å². The molecule has 0 spiro atoms. The Labute approximate surface area is 94.4 Å². The van der Waals surface area contributed by atoms with Crippen molar-refractivity contribution in [3.8, 4) is 0 Å². The lowest BCUT2D eigenvalue weighted by Crippen LogP contribution is -2.01. The zero-order valence-electron chi connectivity index (χ0n) is 9.18. The quantitative estimate of drug-likeness (QED) is 0.298. The predicted octanol–water partition coefficient (Wildman–Crippen LogP) is 0.819. The van der Waals surface area contributed by atoms with Crippen molar-refractivity contribution in [1.29, 1.82) is 0 Å². The summed E-state index contributed by atoms with van der Waals surface area (Å²) in [5, 5.41) is 0. The Hall–Kier alpha value is -1.32. The molecule has 0 aromatic rings. The van der Waals surface area contributed by atoms with Gasteiger partial charge >= 0.3 is 0 Å². The molecule has 0 aromatic carbocycles. The lowest BCUT2D eigenvalue weighted by Gasteiger charge is -2.02. The maximum absolute atomic E-state index is 9.71. The van der Waals surface area contributed by atoms with Crippen LogP contribution < -0.4 is 0 Å². The normalized spacial score (nSPS) is 9.25. The Kier molecular flexibility index (Phi) is 12.6. The molecule has 0 unspecified atom stereocenters. The first-order valence-corrected chi connectivity index (χ1v) is 5.14. The largest absolute Gasteiger partial charge is 0.381 e. The SMILES string of the molecule is O=C=NCCCOCCCCOCN=C=O. The van der Waals surface area contributed by atoms with Gasteiger partial charge < -0.3 is 9.47 Å². The average Bonchev–Trinajstić information content (AvgIpc) is 2.31. The summed E-state index contributed by atoms with van der Waals surface area (Å²) >= 11 is 0. The highest BCUT2D eigenvalue weighted by Crippen LogP contribution is 1.92. The van der Waals surface area contributed by atoms with Crippen LogP contribution >= 0.6 is 0 Å². The molecule has 6 heteroatoms. The van der Waals surface area contributed by atoms with Crippen molar-refractivity contribution < 1.29 is 19.1 Å². The van der Waals surface area contributed by atoms with Gasteiger partial charge in [0.15, 0.2) is 0 Å². The van der Waals surface area contributed by atoms with E-state index in [4.69, 9.17) is 9.47 Å². The molecule has 0 amide bonds.